The zero-order chi connectivity index (χ0) is 24.1. The number of carboxylic acid groups (broad SMARTS) is 2. The Hall–Kier alpha value is -3.58. The third-order valence-corrected chi connectivity index (χ3v) is 6.89. The first-order valence-corrected chi connectivity index (χ1v) is 11.4. The van der Waals surface area contributed by atoms with Gasteiger partial charge in [0.25, 0.3) is 0 Å². The molecule has 0 saturated carbocycles. The van der Waals surface area contributed by atoms with Gasteiger partial charge in [0.1, 0.15) is 11.5 Å². The first-order valence-electron chi connectivity index (χ1n) is 11.4. The monoisotopic (exact) mass is 463 g/mol. The van der Waals surface area contributed by atoms with Crippen LogP contribution in [0.25, 0.3) is 10.8 Å². The molecule has 2 aromatic carbocycles. The maximum absolute atomic E-state index is 9.55. The Morgan fingerprint density at radius 1 is 1.03 bits per heavy atom. The van der Waals surface area contributed by atoms with Crippen molar-refractivity contribution < 1.29 is 29.0 Å². The van der Waals surface area contributed by atoms with Gasteiger partial charge in [-0.15, -0.1) is 0 Å². The third kappa shape index (κ3) is 5.31. The molecule has 178 valence electrons. The lowest BCUT2D eigenvalue weighted by atomic mass is 9.79. The van der Waals surface area contributed by atoms with Crippen LogP contribution in [0.15, 0.2) is 77.4 Å². The van der Waals surface area contributed by atoms with E-state index in [9.17, 15) is 9.59 Å². The average molecular weight is 464 g/mol. The molecule has 34 heavy (non-hydrogen) atoms. The zero-order valence-corrected chi connectivity index (χ0v) is 19.0. The van der Waals surface area contributed by atoms with Crippen LogP contribution in [0.3, 0.4) is 0 Å². The Bertz CT molecular complexity index is 1130. The first-order chi connectivity index (χ1) is 16.4. The van der Waals surface area contributed by atoms with E-state index in [1.54, 1.807) is 6.26 Å². The first kappa shape index (κ1) is 23.6. The van der Waals surface area contributed by atoms with Gasteiger partial charge in [0.2, 0.25) is 0 Å². The van der Waals surface area contributed by atoms with Gasteiger partial charge in [-0.05, 0) is 49.9 Å². The number of piperidine rings is 1. The molecule has 2 unspecified atom stereocenters. The summed E-state index contributed by atoms with van der Waals surface area (Å²) in [5.41, 5.74) is 0. The van der Waals surface area contributed by atoms with Gasteiger partial charge in [-0.1, -0.05) is 36.4 Å². The Morgan fingerprint density at radius 3 is 2.47 bits per heavy atom. The number of aliphatic carboxylic acids is 2. The molecule has 2 N–H and O–H groups in total. The molecule has 2 fully saturated rings. The fourth-order valence-electron chi connectivity index (χ4n) is 5.28. The summed E-state index contributed by atoms with van der Waals surface area (Å²) in [7, 11) is 2.28. The number of fused-ring (bicyclic) bond motifs is 3. The molecule has 7 heteroatoms. The smallest absolute Gasteiger partial charge is 0.328 e. The minimum atomic E-state index is -1.26. The summed E-state index contributed by atoms with van der Waals surface area (Å²) in [4.78, 5) is 21.7. The lowest BCUT2D eigenvalue weighted by Crippen LogP contribution is -2.47. The minimum absolute atomic E-state index is 0.452. The molecular formula is C27H29NO6. The molecule has 0 spiro atoms. The Labute approximate surface area is 198 Å². The van der Waals surface area contributed by atoms with Gasteiger partial charge in [-0.25, -0.2) is 9.59 Å². The van der Waals surface area contributed by atoms with Gasteiger partial charge >= 0.3 is 11.9 Å². The number of furan rings is 1. The van der Waals surface area contributed by atoms with E-state index in [0.717, 1.165) is 18.1 Å². The van der Waals surface area contributed by atoms with Crippen LogP contribution in [0.4, 0.5) is 0 Å². The number of rotatable bonds is 6. The molecule has 3 aromatic rings. The predicted molar refractivity (Wildman–Crippen MR) is 128 cm³/mol. The van der Waals surface area contributed by atoms with Gasteiger partial charge < -0.3 is 24.3 Å². The maximum Gasteiger partial charge on any atom is 0.328 e. The van der Waals surface area contributed by atoms with Crippen LogP contribution in [0.5, 0.6) is 5.75 Å². The van der Waals surface area contributed by atoms with Gasteiger partial charge in [-0.2, -0.15) is 0 Å². The zero-order valence-electron chi connectivity index (χ0n) is 19.0. The largest absolute Gasteiger partial charge is 0.493 e. The van der Waals surface area contributed by atoms with Crippen molar-refractivity contribution in [2.45, 2.75) is 37.3 Å². The van der Waals surface area contributed by atoms with E-state index in [1.807, 2.05) is 6.07 Å². The standard InChI is InChI=1S/C23H25NO2.C4H4O4/c1-24-17-11-12-21(24)20(19(14-17)23-10-5-13-25-23)15-26-22-9-4-7-16-6-2-3-8-18(16)22;5-3(6)1-2-4(7)8/h2-10,13,17,19-21H,11-12,14-15H2,1H3;1-2H,(H,5,6)(H,7,8)/b;2-1+/t17?,19-,20+,21?;/m0./s1. The van der Waals surface area contributed by atoms with E-state index < -0.39 is 11.9 Å². The van der Waals surface area contributed by atoms with Crippen molar-refractivity contribution in [3.05, 3.63) is 78.8 Å². The van der Waals surface area contributed by atoms with Gasteiger partial charge in [0.05, 0.1) is 12.9 Å². The van der Waals surface area contributed by atoms with Crippen molar-refractivity contribution in [1.82, 2.24) is 4.90 Å². The van der Waals surface area contributed by atoms with Crippen molar-refractivity contribution in [2.24, 2.45) is 5.92 Å². The quantitative estimate of drug-likeness (QED) is 0.507. The van der Waals surface area contributed by atoms with Crippen molar-refractivity contribution in [2.75, 3.05) is 13.7 Å². The average Bonchev–Trinajstić information content (AvgIpc) is 3.44. The summed E-state index contributed by atoms with van der Waals surface area (Å²) < 4.78 is 12.2. The summed E-state index contributed by atoms with van der Waals surface area (Å²) in [5.74, 6) is 0.517. The van der Waals surface area contributed by atoms with Crippen LogP contribution in [-0.4, -0.2) is 52.8 Å². The van der Waals surface area contributed by atoms with E-state index >= 15 is 0 Å². The van der Waals surface area contributed by atoms with E-state index in [-0.39, 0.29) is 0 Å². The molecule has 0 amide bonds. The molecule has 0 radical (unpaired) electrons. The molecule has 2 bridgehead atoms. The van der Waals surface area contributed by atoms with Gasteiger partial charge in [0.15, 0.2) is 0 Å². The lowest BCUT2D eigenvalue weighted by molar-refractivity contribution is -0.134. The fourth-order valence-corrected chi connectivity index (χ4v) is 5.28. The van der Waals surface area contributed by atoms with Gasteiger partial charge in [-0.3, -0.25) is 0 Å². The predicted octanol–water partition coefficient (Wildman–Crippen LogP) is 4.79. The van der Waals surface area contributed by atoms with Crippen LogP contribution < -0.4 is 4.74 Å². The highest BCUT2D eigenvalue weighted by atomic mass is 16.5. The Morgan fingerprint density at radius 2 is 1.76 bits per heavy atom. The molecule has 5 rings (SSSR count). The third-order valence-electron chi connectivity index (χ3n) is 6.89. The van der Waals surface area contributed by atoms with Crippen LogP contribution in [0.1, 0.15) is 30.9 Å². The maximum atomic E-state index is 9.55. The summed E-state index contributed by atoms with van der Waals surface area (Å²) in [6.45, 7) is 0.737. The second-order valence-corrected chi connectivity index (χ2v) is 8.78. The number of carbonyl (C=O) groups is 2. The molecule has 2 saturated heterocycles. The lowest BCUT2D eigenvalue weighted by Gasteiger charge is -2.42. The minimum Gasteiger partial charge on any atom is -0.493 e. The van der Waals surface area contributed by atoms with Crippen molar-refractivity contribution in [3.63, 3.8) is 0 Å². The SMILES string of the molecule is CN1C2CCC1[C@H](COc1cccc3ccccc13)[C@@H](c1ccco1)C2.O=C(O)/C=C/C(=O)O. The highest BCUT2D eigenvalue weighted by Gasteiger charge is 2.47. The molecule has 2 aliphatic rings. The van der Waals surface area contributed by atoms with E-state index in [2.05, 4.69) is 60.5 Å². The number of carboxylic acids is 2. The van der Waals surface area contributed by atoms with E-state index in [4.69, 9.17) is 19.4 Å². The summed E-state index contributed by atoms with van der Waals surface area (Å²) >= 11 is 0. The van der Waals surface area contributed by atoms with E-state index in [1.165, 1.54) is 30.0 Å². The fraction of sp³-hybridized carbons (Fsp3) is 0.333. The second kappa shape index (κ2) is 10.6. The number of benzene rings is 2. The Kier molecular flexibility index (Phi) is 7.33. The molecule has 1 aromatic heterocycles. The molecule has 0 aliphatic carbocycles. The summed E-state index contributed by atoms with van der Waals surface area (Å²) in [6, 6.07) is 20.2. The van der Waals surface area contributed by atoms with Crippen molar-refractivity contribution in [1.29, 1.82) is 0 Å². The number of nitrogens with zero attached hydrogens (tertiary/aromatic N) is 1. The summed E-state index contributed by atoms with van der Waals surface area (Å²) in [5, 5.41) is 18.0. The molecule has 7 nitrogen and oxygen atoms in total. The number of hydrogen-bond donors (Lipinski definition) is 2. The Balaban J connectivity index is 0.000000297. The normalized spacial score (nSPS) is 24.0. The molecule has 3 heterocycles. The van der Waals surface area contributed by atoms with Gasteiger partial charge in [0, 0.05) is 41.5 Å². The summed E-state index contributed by atoms with van der Waals surface area (Å²) in [6.07, 6.45) is 6.65. The van der Waals surface area contributed by atoms with Crippen LogP contribution >= 0.6 is 0 Å². The van der Waals surface area contributed by atoms with Crippen molar-refractivity contribution in [3.8, 4) is 5.75 Å². The molecule has 4 atom stereocenters. The number of hydrogen-bond acceptors (Lipinski definition) is 5. The molecule has 2 aliphatic heterocycles. The van der Waals surface area contributed by atoms with E-state index in [0.29, 0.717) is 36.1 Å². The van der Waals surface area contributed by atoms with Crippen LogP contribution in [-0.2, 0) is 9.59 Å². The van der Waals surface area contributed by atoms with Crippen LogP contribution in [0, 0.1) is 5.92 Å². The highest BCUT2D eigenvalue weighted by molar-refractivity contribution is 5.89. The second-order valence-electron chi connectivity index (χ2n) is 8.78. The number of ether oxygens (including phenoxy) is 1. The highest BCUT2D eigenvalue weighted by Crippen LogP contribution is 2.46. The van der Waals surface area contributed by atoms with Crippen LogP contribution in [0.2, 0.25) is 0 Å². The molecular weight excluding hydrogens is 434 g/mol. The van der Waals surface area contributed by atoms with Crippen molar-refractivity contribution >= 4 is 22.7 Å². The topological polar surface area (TPSA) is 100 Å².